The van der Waals surface area contributed by atoms with Gasteiger partial charge in [-0.1, -0.05) is 267 Å². The van der Waals surface area contributed by atoms with E-state index >= 15 is 0 Å². The lowest BCUT2D eigenvalue weighted by molar-refractivity contribution is -0.161. The Morgan fingerprint density at radius 1 is 0.361 bits per heavy atom. The molecule has 0 aromatic heterocycles. The van der Waals surface area contributed by atoms with Gasteiger partial charge in [0.2, 0.25) is 0 Å². The van der Waals surface area contributed by atoms with Gasteiger partial charge in [-0.15, -0.1) is 0 Å². The molecule has 2 atom stereocenters. The van der Waals surface area contributed by atoms with Crippen LogP contribution in [0.5, 0.6) is 0 Å². The molecule has 83 heavy (non-hydrogen) atoms. The topological polar surface area (TPSA) is 134 Å². The summed E-state index contributed by atoms with van der Waals surface area (Å²) in [5, 5.41) is 0. The van der Waals surface area contributed by atoms with Crippen molar-refractivity contribution in [3.05, 3.63) is 182 Å². The zero-order valence-corrected chi connectivity index (χ0v) is 53.0. The van der Waals surface area contributed by atoms with Crippen molar-refractivity contribution in [3.8, 4) is 0 Å². The molecule has 0 spiro atoms. The Bertz CT molecular complexity index is 2010. The zero-order chi connectivity index (χ0) is 60.1. The molecule has 0 saturated carbocycles. The summed E-state index contributed by atoms with van der Waals surface area (Å²) in [6.07, 6.45) is 99.5. The lowest BCUT2D eigenvalue weighted by Gasteiger charge is -2.19. The maximum absolute atomic E-state index is 12.7. The maximum atomic E-state index is 12.7. The van der Waals surface area contributed by atoms with Gasteiger partial charge in [-0.25, -0.2) is 4.57 Å². The monoisotopic (exact) mass is 1170 g/mol. The van der Waals surface area contributed by atoms with Crippen LogP contribution in [0.25, 0.3) is 0 Å². The van der Waals surface area contributed by atoms with Crippen molar-refractivity contribution in [3.63, 3.8) is 0 Å². The first kappa shape index (κ1) is 78.1. The van der Waals surface area contributed by atoms with Crippen LogP contribution in [-0.2, 0) is 32.7 Å². The molecule has 0 fully saturated rings. The molecule has 2 unspecified atom stereocenters. The van der Waals surface area contributed by atoms with Crippen LogP contribution >= 0.6 is 7.82 Å². The van der Waals surface area contributed by atoms with Crippen LogP contribution in [0, 0.1) is 0 Å². The highest BCUT2D eigenvalue weighted by atomic mass is 31.2. The summed E-state index contributed by atoms with van der Waals surface area (Å²) in [6, 6.07) is 0. The normalized spacial score (nSPS) is 14.2. The van der Waals surface area contributed by atoms with Crippen LogP contribution in [0.3, 0.4) is 0 Å². The van der Waals surface area contributed by atoms with Crippen molar-refractivity contribution in [2.75, 3.05) is 26.4 Å². The van der Waals surface area contributed by atoms with Crippen molar-refractivity contribution in [2.45, 2.75) is 238 Å². The Morgan fingerprint density at radius 3 is 0.928 bits per heavy atom. The Balaban J connectivity index is 4.04. The van der Waals surface area contributed by atoms with Gasteiger partial charge in [-0.2, -0.15) is 0 Å². The average molecular weight is 1170 g/mol. The van der Waals surface area contributed by atoms with E-state index in [4.69, 9.17) is 24.3 Å². The van der Waals surface area contributed by atoms with Crippen LogP contribution in [0.1, 0.15) is 232 Å². The van der Waals surface area contributed by atoms with Crippen LogP contribution in [0.15, 0.2) is 182 Å². The van der Waals surface area contributed by atoms with Gasteiger partial charge < -0.3 is 20.1 Å². The van der Waals surface area contributed by atoms with Crippen LogP contribution in [0.4, 0.5) is 0 Å². The summed E-state index contributed by atoms with van der Waals surface area (Å²) in [5.74, 6) is -0.865. The molecule has 0 aromatic rings. The Hall–Kier alpha value is -4.89. The molecule has 0 aromatic carbocycles. The van der Waals surface area contributed by atoms with E-state index in [0.717, 1.165) is 161 Å². The minimum atomic E-state index is -4.41. The van der Waals surface area contributed by atoms with Crippen LogP contribution in [-0.4, -0.2) is 49.3 Å². The smallest absolute Gasteiger partial charge is 0.462 e. The summed E-state index contributed by atoms with van der Waals surface area (Å²) in [6.45, 7) is 3.47. The number of hydrogen-bond donors (Lipinski definition) is 2. The van der Waals surface area contributed by atoms with E-state index in [0.29, 0.717) is 12.8 Å². The van der Waals surface area contributed by atoms with Crippen molar-refractivity contribution >= 4 is 19.8 Å². The van der Waals surface area contributed by atoms with E-state index in [1.54, 1.807) is 0 Å². The van der Waals surface area contributed by atoms with Gasteiger partial charge >= 0.3 is 19.8 Å². The minimum Gasteiger partial charge on any atom is -0.462 e. The van der Waals surface area contributed by atoms with Crippen molar-refractivity contribution in [2.24, 2.45) is 5.73 Å². The molecule has 0 radical (unpaired) electrons. The fourth-order valence-corrected chi connectivity index (χ4v) is 8.87. The summed E-state index contributed by atoms with van der Waals surface area (Å²) < 4.78 is 33.1. The highest BCUT2D eigenvalue weighted by molar-refractivity contribution is 7.47. The van der Waals surface area contributed by atoms with Gasteiger partial charge in [0, 0.05) is 19.4 Å². The first-order valence-electron chi connectivity index (χ1n) is 32.3. The number of carbonyl (C=O) groups excluding carboxylic acids is 2. The quantitative estimate of drug-likeness (QED) is 0.0264. The number of rotatable bonds is 58. The maximum Gasteiger partial charge on any atom is 0.472 e. The van der Waals surface area contributed by atoms with E-state index in [2.05, 4.69) is 196 Å². The third kappa shape index (κ3) is 66.1. The molecule has 0 aliphatic rings. The van der Waals surface area contributed by atoms with Crippen LogP contribution in [0.2, 0.25) is 0 Å². The highest BCUT2D eigenvalue weighted by Crippen LogP contribution is 2.43. The number of phosphoric acid groups is 1. The second kappa shape index (κ2) is 66.3. The summed E-state index contributed by atoms with van der Waals surface area (Å²) in [4.78, 5) is 35.3. The zero-order valence-electron chi connectivity index (χ0n) is 52.1. The van der Waals surface area contributed by atoms with Gasteiger partial charge in [0.25, 0.3) is 0 Å². The standard InChI is InChI=1S/C73H116NO8P/c1-3-5-7-9-11-13-15-17-19-21-23-25-27-29-30-31-32-33-34-35-36-37-38-39-40-42-44-46-48-50-52-54-56-58-60-62-64-66-73(76)82-71(70-81-83(77,78)80-68-67-74)69-79-72(75)65-63-61-59-57-55-53-51-49-47-45-43-41-28-26-24-22-20-18-16-14-12-10-8-6-4-2/h5-8,11-14,17-20,23-26,29-30,32-33,35-36,38-39,41-44,47,49,71H,3-4,9-10,15-16,21-22,27-28,31,34,37,40,45-46,48,50-70,74H2,1-2H3,(H,77,78)/b7-5-,8-6-,13-11-,14-12-,19-17-,20-18-,25-23-,26-24-,30-29-,33-32-,36-35-,39-38-,43-41-,44-42-,49-47-. The number of carbonyl (C=O) groups is 2. The Labute approximate surface area is 507 Å². The number of phosphoric ester groups is 1. The fourth-order valence-electron chi connectivity index (χ4n) is 8.10. The average Bonchev–Trinajstić information content (AvgIpc) is 3.49. The molecule has 0 heterocycles. The minimum absolute atomic E-state index is 0.0401. The largest absolute Gasteiger partial charge is 0.472 e. The number of nitrogens with two attached hydrogens (primary N) is 1. The lowest BCUT2D eigenvalue weighted by Crippen LogP contribution is -2.29. The van der Waals surface area contributed by atoms with Crippen molar-refractivity contribution < 1.29 is 37.6 Å². The summed E-state index contributed by atoms with van der Waals surface area (Å²) in [5.41, 5.74) is 5.39. The number of hydrogen-bond acceptors (Lipinski definition) is 8. The molecule has 0 saturated heterocycles. The molecular formula is C73H116NO8P. The third-order valence-electron chi connectivity index (χ3n) is 12.8. The van der Waals surface area contributed by atoms with E-state index in [-0.39, 0.29) is 32.6 Å². The first-order valence-corrected chi connectivity index (χ1v) is 33.8. The van der Waals surface area contributed by atoms with Gasteiger partial charge in [-0.05, 0) is 135 Å². The predicted octanol–water partition coefficient (Wildman–Crippen LogP) is 21.2. The molecule has 3 N–H and O–H groups in total. The highest BCUT2D eigenvalue weighted by Gasteiger charge is 2.26. The Kier molecular flexibility index (Phi) is 62.3. The molecule has 10 heteroatoms. The SMILES string of the molecule is CC/C=C\C/C=C\C/C=C\C/C=C\C/C=C\C/C=C\C/C=C\C/C=C\C/C=C\CCCCCCCCCCCC(=O)OC(COC(=O)CCCCCCCC/C=C\C/C=C\C/C=C\C/C=C\C/C=C\C/C=C\CC)COP(=O)(O)OCCN. The van der Waals surface area contributed by atoms with Gasteiger partial charge in [0.1, 0.15) is 6.61 Å². The van der Waals surface area contributed by atoms with E-state index < -0.39 is 32.5 Å². The number of esters is 2. The third-order valence-corrected chi connectivity index (χ3v) is 13.8. The second-order valence-electron chi connectivity index (χ2n) is 20.5. The molecule has 0 aliphatic heterocycles. The number of unbranched alkanes of at least 4 members (excludes halogenated alkanes) is 15. The first-order chi connectivity index (χ1) is 40.8. The molecule has 0 rings (SSSR count). The molecule has 0 aliphatic carbocycles. The molecular weight excluding hydrogens is 1050 g/mol. The number of allylic oxidation sites excluding steroid dienone is 30. The van der Waals surface area contributed by atoms with Crippen LogP contribution < -0.4 is 5.73 Å². The Morgan fingerprint density at radius 2 is 0.627 bits per heavy atom. The fraction of sp³-hybridized carbons (Fsp3) is 0.562. The van der Waals surface area contributed by atoms with E-state index in [9.17, 15) is 19.0 Å². The van der Waals surface area contributed by atoms with Gasteiger partial charge in [0.05, 0.1) is 13.2 Å². The summed E-state index contributed by atoms with van der Waals surface area (Å²) in [7, 11) is -4.41. The second-order valence-corrected chi connectivity index (χ2v) is 22.0. The molecule has 466 valence electrons. The van der Waals surface area contributed by atoms with E-state index in [1.165, 1.54) is 32.1 Å². The van der Waals surface area contributed by atoms with E-state index in [1.807, 2.05) is 0 Å². The van der Waals surface area contributed by atoms with Gasteiger partial charge in [-0.3, -0.25) is 18.6 Å². The molecule has 0 amide bonds. The van der Waals surface area contributed by atoms with Gasteiger partial charge in [0.15, 0.2) is 6.10 Å². The lowest BCUT2D eigenvalue weighted by atomic mass is 10.1. The molecule has 0 bridgehead atoms. The summed E-state index contributed by atoms with van der Waals surface area (Å²) >= 11 is 0. The molecule has 9 nitrogen and oxygen atoms in total. The number of ether oxygens (including phenoxy) is 2. The van der Waals surface area contributed by atoms with Crippen molar-refractivity contribution in [1.29, 1.82) is 0 Å². The van der Waals surface area contributed by atoms with Crippen molar-refractivity contribution in [1.82, 2.24) is 0 Å². The predicted molar refractivity (Wildman–Crippen MR) is 357 cm³/mol.